The molecule has 1 fully saturated rings. The van der Waals surface area contributed by atoms with E-state index in [4.69, 9.17) is 0 Å². The molecular formula is C23H25N3O3S. The molecule has 7 heteroatoms. The third-order valence-electron chi connectivity index (χ3n) is 5.62. The second-order valence-corrected chi connectivity index (χ2v) is 8.66. The van der Waals surface area contributed by atoms with E-state index in [-0.39, 0.29) is 24.1 Å². The van der Waals surface area contributed by atoms with Crippen LogP contribution >= 0.6 is 11.8 Å². The molecule has 0 aliphatic carbocycles. The standard InChI is InChI=1S/C23H25N3O3S/c1-24-12-11-15-5-7-16(8-6-15)14-30-20-4-2-3-17-18(20)13-26(23(17)29)19-9-10-21(27)25-22(19)28/h2-8,19,24H,9-14H2,1H3,(H,25,27,28). The van der Waals surface area contributed by atoms with Gasteiger partial charge in [-0.3, -0.25) is 19.7 Å². The largest absolute Gasteiger partial charge is 0.322 e. The van der Waals surface area contributed by atoms with Crippen LogP contribution in [0.4, 0.5) is 0 Å². The summed E-state index contributed by atoms with van der Waals surface area (Å²) in [5, 5.41) is 5.51. The number of nitrogens with one attached hydrogen (secondary N) is 2. The average Bonchev–Trinajstić information content (AvgIpc) is 3.08. The lowest BCUT2D eigenvalue weighted by Gasteiger charge is -2.29. The second-order valence-electron chi connectivity index (χ2n) is 7.64. The summed E-state index contributed by atoms with van der Waals surface area (Å²) in [6.45, 7) is 1.37. The number of hydrogen-bond acceptors (Lipinski definition) is 5. The molecule has 156 valence electrons. The van der Waals surface area contributed by atoms with Crippen LogP contribution < -0.4 is 10.6 Å². The average molecular weight is 424 g/mol. The molecule has 1 atom stereocenters. The lowest BCUT2D eigenvalue weighted by molar-refractivity contribution is -0.136. The highest BCUT2D eigenvalue weighted by Crippen LogP contribution is 2.35. The van der Waals surface area contributed by atoms with E-state index in [0.717, 1.165) is 29.2 Å². The summed E-state index contributed by atoms with van der Waals surface area (Å²) >= 11 is 1.71. The third kappa shape index (κ3) is 4.27. The van der Waals surface area contributed by atoms with E-state index in [1.807, 2.05) is 25.2 Å². The molecule has 3 amide bonds. The number of hydrogen-bond donors (Lipinski definition) is 2. The zero-order valence-corrected chi connectivity index (χ0v) is 17.8. The monoisotopic (exact) mass is 423 g/mol. The summed E-state index contributed by atoms with van der Waals surface area (Å²) < 4.78 is 0. The van der Waals surface area contributed by atoms with Gasteiger partial charge in [0.2, 0.25) is 11.8 Å². The minimum atomic E-state index is -0.578. The van der Waals surface area contributed by atoms with Crippen molar-refractivity contribution in [2.45, 2.75) is 42.5 Å². The number of carbonyl (C=O) groups excluding carboxylic acids is 3. The fourth-order valence-corrected chi connectivity index (χ4v) is 4.96. The van der Waals surface area contributed by atoms with Crippen molar-refractivity contribution in [2.24, 2.45) is 0 Å². The molecule has 30 heavy (non-hydrogen) atoms. The van der Waals surface area contributed by atoms with Crippen LogP contribution in [0.1, 0.15) is 39.9 Å². The van der Waals surface area contributed by atoms with Gasteiger partial charge >= 0.3 is 0 Å². The van der Waals surface area contributed by atoms with Gasteiger partial charge in [0, 0.05) is 29.2 Å². The minimum absolute atomic E-state index is 0.129. The number of imide groups is 1. The highest BCUT2D eigenvalue weighted by Gasteiger charge is 2.39. The Labute approximate surface area is 180 Å². The summed E-state index contributed by atoms with van der Waals surface area (Å²) in [6.07, 6.45) is 1.66. The predicted molar refractivity (Wildman–Crippen MR) is 116 cm³/mol. The Kier molecular flexibility index (Phi) is 6.20. The van der Waals surface area contributed by atoms with E-state index >= 15 is 0 Å². The summed E-state index contributed by atoms with van der Waals surface area (Å²) in [4.78, 5) is 39.3. The first-order valence-electron chi connectivity index (χ1n) is 10.2. The van der Waals surface area contributed by atoms with Gasteiger partial charge in [0.25, 0.3) is 5.91 Å². The number of thioether (sulfide) groups is 1. The molecule has 0 radical (unpaired) electrons. The van der Waals surface area contributed by atoms with Crippen LogP contribution in [0.25, 0.3) is 0 Å². The Bertz CT molecular complexity index is 974. The molecule has 6 nitrogen and oxygen atoms in total. The van der Waals surface area contributed by atoms with Crippen molar-refractivity contribution in [3.63, 3.8) is 0 Å². The molecule has 0 saturated carbocycles. The molecule has 2 N–H and O–H groups in total. The number of nitrogens with zero attached hydrogens (tertiary/aromatic N) is 1. The second kappa shape index (κ2) is 9.02. The van der Waals surface area contributed by atoms with Gasteiger partial charge in [-0.1, -0.05) is 30.3 Å². The normalized spacial score (nSPS) is 18.5. The van der Waals surface area contributed by atoms with Gasteiger partial charge in [0.1, 0.15) is 6.04 Å². The highest BCUT2D eigenvalue weighted by atomic mass is 32.2. The van der Waals surface area contributed by atoms with E-state index < -0.39 is 6.04 Å². The fourth-order valence-electron chi connectivity index (χ4n) is 3.93. The fraction of sp³-hybridized carbons (Fsp3) is 0.348. The van der Waals surface area contributed by atoms with Crippen molar-refractivity contribution in [1.29, 1.82) is 0 Å². The lowest BCUT2D eigenvalue weighted by atomic mass is 10.0. The van der Waals surface area contributed by atoms with Crippen LogP contribution in [0.15, 0.2) is 47.4 Å². The lowest BCUT2D eigenvalue weighted by Crippen LogP contribution is -2.52. The summed E-state index contributed by atoms with van der Waals surface area (Å²) in [7, 11) is 1.95. The van der Waals surface area contributed by atoms with Crippen LogP contribution in [-0.2, 0) is 28.3 Å². The van der Waals surface area contributed by atoms with E-state index in [1.165, 1.54) is 11.1 Å². The van der Waals surface area contributed by atoms with Gasteiger partial charge in [0.15, 0.2) is 0 Å². The molecular weight excluding hydrogens is 398 g/mol. The number of benzene rings is 2. The smallest absolute Gasteiger partial charge is 0.255 e. The van der Waals surface area contributed by atoms with Crippen molar-refractivity contribution in [2.75, 3.05) is 13.6 Å². The topological polar surface area (TPSA) is 78.5 Å². The molecule has 4 rings (SSSR count). The summed E-state index contributed by atoms with van der Waals surface area (Å²) in [5.74, 6) is 0.0412. The van der Waals surface area contributed by atoms with E-state index in [2.05, 4.69) is 34.9 Å². The number of rotatable bonds is 7. The Balaban J connectivity index is 1.45. The molecule has 2 aromatic rings. The zero-order valence-electron chi connectivity index (χ0n) is 16.9. The molecule has 0 aromatic heterocycles. The van der Waals surface area contributed by atoms with Gasteiger partial charge in [-0.15, -0.1) is 11.8 Å². The van der Waals surface area contributed by atoms with Gasteiger partial charge in [0.05, 0.1) is 0 Å². The Morgan fingerprint density at radius 2 is 1.87 bits per heavy atom. The Hall–Kier alpha value is -2.64. The maximum absolute atomic E-state index is 12.9. The number of fused-ring (bicyclic) bond motifs is 1. The maximum Gasteiger partial charge on any atom is 0.255 e. The summed E-state index contributed by atoms with van der Waals surface area (Å²) in [6, 6.07) is 13.8. The van der Waals surface area contributed by atoms with Crippen molar-refractivity contribution in [3.8, 4) is 0 Å². The van der Waals surface area contributed by atoms with Crippen LogP contribution in [0.5, 0.6) is 0 Å². The van der Waals surface area contributed by atoms with Crippen molar-refractivity contribution in [1.82, 2.24) is 15.5 Å². The van der Waals surface area contributed by atoms with E-state index in [0.29, 0.717) is 18.5 Å². The molecule has 0 bridgehead atoms. The molecule has 2 aliphatic rings. The SMILES string of the molecule is CNCCc1ccc(CSc2cccc3c2CN(C2CCC(=O)NC2=O)C3=O)cc1. The van der Waals surface area contributed by atoms with Gasteiger partial charge in [-0.2, -0.15) is 0 Å². The quantitative estimate of drug-likeness (QED) is 0.529. The number of carbonyl (C=O) groups is 3. The predicted octanol–water partition coefficient (Wildman–Crippen LogP) is 2.50. The Morgan fingerprint density at radius 1 is 1.10 bits per heavy atom. The first-order valence-corrected chi connectivity index (χ1v) is 11.2. The van der Waals surface area contributed by atoms with Crippen LogP contribution in [0, 0.1) is 0 Å². The van der Waals surface area contributed by atoms with Gasteiger partial charge in [-0.05, 0) is 55.3 Å². The minimum Gasteiger partial charge on any atom is -0.322 e. The molecule has 0 spiro atoms. The zero-order chi connectivity index (χ0) is 21.1. The van der Waals surface area contributed by atoms with Gasteiger partial charge in [-0.25, -0.2) is 0 Å². The Morgan fingerprint density at radius 3 is 2.60 bits per heavy atom. The molecule has 2 aliphatic heterocycles. The van der Waals surface area contributed by atoms with E-state index in [1.54, 1.807) is 16.7 Å². The molecule has 2 aromatic carbocycles. The van der Waals surface area contributed by atoms with Crippen molar-refractivity contribution in [3.05, 3.63) is 64.7 Å². The molecule has 1 unspecified atom stereocenters. The van der Waals surface area contributed by atoms with Gasteiger partial charge < -0.3 is 10.2 Å². The molecule has 2 heterocycles. The summed E-state index contributed by atoms with van der Waals surface area (Å²) in [5.41, 5.74) is 4.18. The van der Waals surface area contributed by atoms with Crippen LogP contribution in [-0.4, -0.2) is 42.3 Å². The van der Waals surface area contributed by atoms with Crippen molar-refractivity contribution >= 4 is 29.5 Å². The third-order valence-corrected chi connectivity index (χ3v) is 6.79. The van der Waals surface area contributed by atoms with Crippen LogP contribution in [0.3, 0.4) is 0 Å². The maximum atomic E-state index is 12.9. The van der Waals surface area contributed by atoms with Crippen molar-refractivity contribution < 1.29 is 14.4 Å². The first kappa shape index (κ1) is 20.6. The number of likely N-dealkylation sites (N-methyl/N-ethyl adjacent to an activating group) is 1. The number of amides is 3. The highest BCUT2D eigenvalue weighted by molar-refractivity contribution is 7.98. The number of piperidine rings is 1. The molecule has 1 saturated heterocycles. The van der Waals surface area contributed by atoms with E-state index in [9.17, 15) is 14.4 Å². The first-order chi connectivity index (χ1) is 14.6. The van der Waals surface area contributed by atoms with Crippen LogP contribution in [0.2, 0.25) is 0 Å².